The van der Waals surface area contributed by atoms with E-state index in [4.69, 9.17) is 4.98 Å². The number of rotatable bonds is 9. The molecule has 0 spiro atoms. The fourth-order valence-electron chi connectivity index (χ4n) is 6.37. The monoisotopic (exact) mass is 616 g/mol. The number of aliphatic hydroxyl groups excluding tert-OH is 1. The maximum Gasteiger partial charge on any atom is 0.264 e. The van der Waals surface area contributed by atoms with E-state index in [1.54, 1.807) is 18.5 Å². The quantitative estimate of drug-likeness (QED) is 0.122. The number of aliphatic hydroxyl groups is 1. The molecule has 0 saturated carbocycles. The Kier molecular flexibility index (Phi) is 7.94. The lowest BCUT2D eigenvalue weighted by Gasteiger charge is -2.37. The molecule has 0 saturated heterocycles. The number of aromatic nitrogens is 2. The minimum atomic E-state index is -0.799. The summed E-state index contributed by atoms with van der Waals surface area (Å²) in [5.74, 6) is -1.60. The van der Waals surface area contributed by atoms with Crippen LogP contribution in [-0.2, 0) is 21.5 Å². The molecule has 2 heterocycles. The second-order valence-electron chi connectivity index (χ2n) is 11.5. The van der Waals surface area contributed by atoms with E-state index in [2.05, 4.69) is 51.6 Å². The van der Waals surface area contributed by atoms with Crippen LogP contribution < -0.4 is 10.6 Å². The topological polar surface area (TPSA) is 96.2 Å². The van der Waals surface area contributed by atoms with Crippen molar-refractivity contribution < 1.29 is 14.7 Å². The van der Waals surface area contributed by atoms with Crippen LogP contribution in [0.4, 0.5) is 5.69 Å². The SMILES string of the molecule is O=C(Nc1ccc(-c2ccccc2)cc1)C1=C(O)C(Cc2cn(C(c3ccccc3)(c3ccccc3)c3ccccc3)cn2)NC1=O. The molecule has 7 rings (SSSR count). The van der Waals surface area contributed by atoms with Gasteiger partial charge in [0, 0.05) is 18.3 Å². The normalized spacial score (nSPS) is 14.6. The Hall–Kier alpha value is -6.21. The molecule has 47 heavy (non-hydrogen) atoms. The van der Waals surface area contributed by atoms with Gasteiger partial charge in [0.2, 0.25) is 0 Å². The van der Waals surface area contributed by atoms with Gasteiger partial charge in [-0.2, -0.15) is 0 Å². The third kappa shape index (κ3) is 5.59. The summed E-state index contributed by atoms with van der Waals surface area (Å²) in [6.07, 6.45) is 3.92. The van der Waals surface area contributed by atoms with Gasteiger partial charge in [-0.3, -0.25) is 9.59 Å². The van der Waals surface area contributed by atoms with Crippen molar-refractivity contribution in [3.8, 4) is 11.1 Å². The van der Waals surface area contributed by atoms with Gasteiger partial charge in [0.25, 0.3) is 11.8 Å². The van der Waals surface area contributed by atoms with Crippen molar-refractivity contribution in [3.63, 3.8) is 0 Å². The molecule has 1 unspecified atom stereocenters. The summed E-state index contributed by atoms with van der Waals surface area (Å²) < 4.78 is 2.08. The largest absolute Gasteiger partial charge is 0.509 e. The first-order valence-corrected chi connectivity index (χ1v) is 15.4. The van der Waals surface area contributed by atoms with E-state index in [9.17, 15) is 14.7 Å². The molecule has 6 aromatic rings. The van der Waals surface area contributed by atoms with E-state index in [-0.39, 0.29) is 17.8 Å². The molecular weight excluding hydrogens is 584 g/mol. The Morgan fingerprint density at radius 1 is 0.723 bits per heavy atom. The lowest BCUT2D eigenvalue weighted by molar-refractivity contribution is -0.120. The number of hydrogen-bond acceptors (Lipinski definition) is 4. The summed E-state index contributed by atoms with van der Waals surface area (Å²) in [6, 6.07) is 47.2. The zero-order valence-corrected chi connectivity index (χ0v) is 25.5. The zero-order valence-electron chi connectivity index (χ0n) is 25.5. The van der Waals surface area contributed by atoms with Crippen molar-refractivity contribution in [1.29, 1.82) is 0 Å². The lowest BCUT2D eigenvalue weighted by atomic mass is 9.77. The molecule has 3 N–H and O–H groups in total. The summed E-state index contributed by atoms with van der Waals surface area (Å²) in [7, 11) is 0. The number of imidazole rings is 1. The highest BCUT2D eigenvalue weighted by Gasteiger charge is 2.40. The number of hydrogen-bond donors (Lipinski definition) is 3. The van der Waals surface area contributed by atoms with Crippen molar-refractivity contribution in [1.82, 2.24) is 14.9 Å². The second kappa shape index (κ2) is 12.7. The predicted molar refractivity (Wildman–Crippen MR) is 183 cm³/mol. The van der Waals surface area contributed by atoms with Gasteiger partial charge in [-0.15, -0.1) is 0 Å². The number of nitrogens with one attached hydrogen (secondary N) is 2. The summed E-state index contributed by atoms with van der Waals surface area (Å²) in [6.45, 7) is 0. The molecule has 0 aliphatic carbocycles. The molecule has 2 amide bonds. The third-order valence-electron chi connectivity index (χ3n) is 8.61. The van der Waals surface area contributed by atoms with Crippen LogP contribution in [0.1, 0.15) is 22.4 Å². The molecule has 1 aliphatic rings. The fraction of sp³-hybridized carbons (Fsp3) is 0.0750. The van der Waals surface area contributed by atoms with Crippen molar-refractivity contribution in [2.24, 2.45) is 0 Å². The summed E-state index contributed by atoms with van der Waals surface area (Å²) in [5, 5.41) is 16.6. The molecule has 0 radical (unpaired) electrons. The van der Waals surface area contributed by atoms with Crippen LogP contribution in [0.2, 0.25) is 0 Å². The first-order valence-electron chi connectivity index (χ1n) is 15.4. The summed E-state index contributed by atoms with van der Waals surface area (Å²) in [4.78, 5) is 30.9. The molecule has 1 aromatic heterocycles. The molecule has 5 aromatic carbocycles. The van der Waals surface area contributed by atoms with E-state index in [0.717, 1.165) is 27.8 Å². The first kappa shape index (κ1) is 29.5. The minimum absolute atomic E-state index is 0.196. The van der Waals surface area contributed by atoms with E-state index < -0.39 is 23.4 Å². The zero-order chi connectivity index (χ0) is 32.2. The number of anilines is 1. The van der Waals surface area contributed by atoms with Gasteiger partial charge >= 0.3 is 0 Å². The maximum absolute atomic E-state index is 13.2. The third-order valence-corrected chi connectivity index (χ3v) is 8.61. The molecule has 0 bridgehead atoms. The van der Waals surface area contributed by atoms with Gasteiger partial charge in [-0.25, -0.2) is 4.98 Å². The Morgan fingerprint density at radius 2 is 1.21 bits per heavy atom. The number of benzene rings is 5. The number of carbonyl (C=O) groups excluding carboxylic acids is 2. The van der Waals surface area contributed by atoms with Crippen molar-refractivity contribution in [3.05, 3.63) is 192 Å². The average molecular weight is 617 g/mol. The highest BCUT2D eigenvalue weighted by molar-refractivity contribution is 6.24. The fourth-order valence-corrected chi connectivity index (χ4v) is 6.37. The van der Waals surface area contributed by atoms with Crippen LogP contribution in [0.15, 0.2) is 169 Å². The Morgan fingerprint density at radius 3 is 1.74 bits per heavy atom. The molecule has 1 aliphatic heterocycles. The van der Waals surface area contributed by atoms with Crippen LogP contribution in [0.25, 0.3) is 11.1 Å². The Bertz CT molecular complexity index is 1940. The second-order valence-corrected chi connectivity index (χ2v) is 11.5. The predicted octanol–water partition coefficient (Wildman–Crippen LogP) is 6.88. The van der Waals surface area contributed by atoms with Gasteiger partial charge in [0.1, 0.15) is 16.9 Å². The van der Waals surface area contributed by atoms with E-state index in [0.29, 0.717) is 11.4 Å². The Labute approximate surface area is 272 Å². The van der Waals surface area contributed by atoms with Crippen molar-refractivity contribution >= 4 is 17.5 Å². The molecular formula is C40H32N4O3. The molecule has 7 nitrogen and oxygen atoms in total. The van der Waals surface area contributed by atoms with E-state index in [1.807, 2.05) is 103 Å². The van der Waals surface area contributed by atoms with Crippen LogP contribution in [0.3, 0.4) is 0 Å². The smallest absolute Gasteiger partial charge is 0.264 e. The van der Waals surface area contributed by atoms with Crippen LogP contribution in [0.5, 0.6) is 0 Å². The molecule has 0 fully saturated rings. The van der Waals surface area contributed by atoms with Crippen LogP contribution >= 0.6 is 0 Å². The maximum atomic E-state index is 13.2. The lowest BCUT2D eigenvalue weighted by Crippen LogP contribution is -2.37. The van der Waals surface area contributed by atoms with Gasteiger partial charge in [-0.05, 0) is 39.9 Å². The van der Waals surface area contributed by atoms with Crippen molar-refractivity contribution in [2.75, 3.05) is 5.32 Å². The first-order chi connectivity index (χ1) is 23.0. The van der Waals surface area contributed by atoms with Crippen molar-refractivity contribution in [2.45, 2.75) is 18.0 Å². The van der Waals surface area contributed by atoms with Crippen LogP contribution in [-0.4, -0.2) is 32.5 Å². The molecule has 7 heteroatoms. The van der Waals surface area contributed by atoms with Gasteiger partial charge in [0.15, 0.2) is 0 Å². The standard InChI is InChI=1S/C40H32N4O3/c45-37-35(43-39(47)36(37)38(46)42-33-23-21-29(22-24-33)28-13-5-1-6-14-28)25-34-26-44(27-41-34)40(30-15-7-2-8-16-30,31-17-9-3-10-18-31)32-19-11-4-12-20-32/h1-24,26-27,35,45H,25H2,(H,42,46)(H,43,47). The van der Waals surface area contributed by atoms with Crippen LogP contribution in [0, 0.1) is 0 Å². The molecule has 1 atom stereocenters. The van der Waals surface area contributed by atoms with Gasteiger partial charge in [0.05, 0.1) is 18.1 Å². The highest BCUT2D eigenvalue weighted by atomic mass is 16.3. The van der Waals surface area contributed by atoms with E-state index >= 15 is 0 Å². The minimum Gasteiger partial charge on any atom is -0.509 e. The van der Waals surface area contributed by atoms with Gasteiger partial charge < -0.3 is 20.3 Å². The molecule has 230 valence electrons. The van der Waals surface area contributed by atoms with E-state index in [1.165, 1.54) is 0 Å². The number of carbonyl (C=O) groups is 2. The number of nitrogens with zero attached hydrogens (tertiary/aromatic N) is 2. The Balaban J connectivity index is 1.17. The van der Waals surface area contributed by atoms with Gasteiger partial charge in [-0.1, -0.05) is 133 Å². The summed E-state index contributed by atoms with van der Waals surface area (Å²) >= 11 is 0. The number of amides is 2. The average Bonchev–Trinajstić information content (AvgIpc) is 3.70. The highest BCUT2D eigenvalue weighted by Crippen LogP contribution is 2.41. The summed E-state index contributed by atoms with van der Waals surface area (Å²) in [5.41, 5.74) is 5.33.